The molecule has 0 aliphatic carbocycles. The zero-order valence-electron chi connectivity index (χ0n) is 20.4. The summed E-state index contributed by atoms with van der Waals surface area (Å²) in [5.74, 6) is -1.28. The molecule has 0 spiro atoms. The van der Waals surface area contributed by atoms with Gasteiger partial charge in [0.05, 0.1) is 0 Å². The zero-order chi connectivity index (χ0) is 24.3. The molecule has 0 fully saturated rings. The number of hydrogen-bond donors (Lipinski definition) is 1. The fourth-order valence-electron chi connectivity index (χ4n) is 3.78. The molecule has 2 amide bonds. The Balaban J connectivity index is 2.56. The van der Waals surface area contributed by atoms with E-state index in [2.05, 4.69) is 53.7 Å². The maximum atomic E-state index is 12.5. The van der Waals surface area contributed by atoms with Crippen LogP contribution in [0.3, 0.4) is 0 Å². The summed E-state index contributed by atoms with van der Waals surface area (Å²) >= 11 is 0. The van der Waals surface area contributed by atoms with Gasteiger partial charge in [0.25, 0.3) is 11.8 Å². The monoisotopic (exact) mass is 437 g/mol. The van der Waals surface area contributed by atoms with Gasteiger partial charge in [-0.15, -0.1) is 0 Å². The second kappa shape index (κ2) is 9.76. The van der Waals surface area contributed by atoms with Crippen molar-refractivity contribution < 1.29 is 14.3 Å². The normalized spacial score (nSPS) is 14.0. The third-order valence-electron chi connectivity index (χ3n) is 6.94. The summed E-state index contributed by atoms with van der Waals surface area (Å²) in [6.07, 6.45) is 0.914. The average molecular weight is 438 g/mol. The molecule has 1 radical (unpaired) electrons. The van der Waals surface area contributed by atoms with E-state index >= 15 is 0 Å². The molecular weight excluding hydrogens is 400 g/mol. The molecule has 0 aliphatic rings. The highest BCUT2D eigenvalue weighted by molar-refractivity contribution is 5.94. The predicted octanol–water partition coefficient (Wildman–Crippen LogP) is 5.52. The van der Waals surface area contributed by atoms with Crippen molar-refractivity contribution in [3.8, 4) is 5.75 Å². The van der Waals surface area contributed by atoms with Crippen molar-refractivity contribution in [2.24, 2.45) is 5.73 Å². The van der Waals surface area contributed by atoms with Crippen molar-refractivity contribution in [2.75, 3.05) is 0 Å². The van der Waals surface area contributed by atoms with Crippen molar-refractivity contribution in [3.63, 3.8) is 0 Å². The second-order valence-electron chi connectivity index (χ2n) is 9.83. The van der Waals surface area contributed by atoms with Crippen molar-refractivity contribution >= 4 is 11.8 Å². The smallest absolute Gasteiger partial charge is 0.269 e. The van der Waals surface area contributed by atoms with Crippen LogP contribution >= 0.6 is 0 Å². The number of carbonyl (C=O) groups is 2. The summed E-state index contributed by atoms with van der Waals surface area (Å²) in [5, 5.41) is 0. The number of benzene rings is 2. The molecule has 0 aliphatic heterocycles. The Kier molecular flexibility index (Phi) is 7.76. The Hall–Kier alpha value is -2.82. The Morgan fingerprint density at radius 1 is 1.00 bits per heavy atom. The lowest BCUT2D eigenvalue weighted by atomic mass is 9.76. The van der Waals surface area contributed by atoms with Crippen LogP contribution in [0.25, 0.3) is 0 Å². The molecule has 3 N–H and O–H groups in total. The maximum absolute atomic E-state index is 12.5. The highest BCUT2D eigenvalue weighted by Gasteiger charge is 2.32. The molecule has 2 aromatic carbocycles. The van der Waals surface area contributed by atoms with E-state index in [1.54, 1.807) is 31.2 Å². The largest absolute Gasteiger partial charge is 0.480 e. The van der Waals surface area contributed by atoms with Gasteiger partial charge < -0.3 is 10.5 Å². The molecule has 2 rings (SSSR count). The number of amides is 2. The summed E-state index contributed by atoms with van der Waals surface area (Å²) in [7, 11) is 0. The molecule has 0 heterocycles. The minimum Gasteiger partial charge on any atom is -0.480 e. The van der Waals surface area contributed by atoms with Gasteiger partial charge in [-0.2, -0.15) is 0 Å². The molecular formula is C27H37N2O3. The third-order valence-corrected chi connectivity index (χ3v) is 6.94. The third kappa shape index (κ3) is 5.32. The highest BCUT2D eigenvalue weighted by Crippen LogP contribution is 2.39. The summed E-state index contributed by atoms with van der Waals surface area (Å²) < 4.78 is 6.30. The highest BCUT2D eigenvalue weighted by atomic mass is 16.5. The molecule has 32 heavy (non-hydrogen) atoms. The van der Waals surface area contributed by atoms with Crippen LogP contribution in [0.15, 0.2) is 42.5 Å². The van der Waals surface area contributed by atoms with Crippen molar-refractivity contribution in [1.29, 1.82) is 0 Å². The SMILES string of the molecule is CCC(C)(C)c1ccc(OC(C(N)=O)C(C)c2ccccc2C([NH])=O)c(C(C)(C)CC)c1. The molecule has 0 saturated heterocycles. The van der Waals surface area contributed by atoms with Crippen LogP contribution in [0, 0.1) is 0 Å². The van der Waals surface area contributed by atoms with Gasteiger partial charge in [0.2, 0.25) is 0 Å². The first-order valence-electron chi connectivity index (χ1n) is 11.3. The van der Waals surface area contributed by atoms with Crippen LogP contribution in [0.2, 0.25) is 0 Å². The molecule has 2 unspecified atom stereocenters. The van der Waals surface area contributed by atoms with Gasteiger partial charge in [-0.05, 0) is 46.9 Å². The predicted molar refractivity (Wildman–Crippen MR) is 129 cm³/mol. The van der Waals surface area contributed by atoms with Gasteiger partial charge in [0.15, 0.2) is 6.10 Å². The quantitative estimate of drug-likeness (QED) is 0.530. The lowest BCUT2D eigenvalue weighted by molar-refractivity contribution is -0.125. The summed E-state index contributed by atoms with van der Waals surface area (Å²) in [6.45, 7) is 14.9. The lowest BCUT2D eigenvalue weighted by Gasteiger charge is -2.32. The van der Waals surface area contributed by atoms with E-state index in [1.807, 2.05) is 6.07 Å². The number of nitrogens with two attached hydrogens (primary N) is 1. The Bertz CT molecular complexity index is 979. The summed E-state index contributed by atoms with van der Waals surface area (Å²) in [6, 6.07) is 13.0. The average Bonchev–Trinajstić information content (AvgIpc) is 2.76. The maximum Gasteiger partial charge on any atom is 0.269 e. The number of rotatable bonds is 10. The minimum atomic E-state index is -0.980. The van der Waals surface area contributed by atoms with Gasteiger partial charge in [-0.25, -0.2) is 0 Å². The number of carbonyl (C=O) groups excluding carboxylic acids is 2. The van der Waals surface area contributed by atoms with E-state index in [9.17, 15) is 9.59 Å². The first kappa shape index (κ1) is 25.4. The number of nitrogens with one attached hydrogen (secondary N) is 1. The van der Waals surface area contributed by atoms with Gasteiger partial charge in [-0.1, -0.05) is 78.8 Å². The van der Waals surface area contributed by atoms with Crippen LogP contribution in [0.1, 0.15) is 94.3 Å². The first-order valence-corrected chi connectivity index (χ1v) is 11.3. The van der Waals surface area contributed by atoms with E-state index in [0.717, 1.165) is 18.4 Å². The second-order valence-corrected chi connectivity index (χ2v) is 9.83. The van der Waals surface area contributed by atoms with E-state index in [4.69, 9.17) is 16.2 Å². The minimum absolute atomic E-state index is 0.0148. The number of primary amides is 1. The molecule has 0 saturated carbocycles. The Labute approximate surface area is 192 Å². The van der Waals surface area contributed by atoms with Crippen LogP contribution in [0.5, 0.6) is 5.75 Å². The van der Waals surface area contributed by atoms with Crippen molar-refractivity contribution in [1.82, 2.24) is 5.73 Å². The Morgan fingerprint density at radius 2 is 1.59 bits per heavy atom. The molecule has 5 nitrogen and oxygen atoms in total. The van der Waals surface area contributed by atoms with Crippen molar-refractivity contribution in [2.45, 2.75) is 84.2 Å². The van der Waals surface area contributed by atoms with Crippen LogP contribution < -0.4 is 16.2 Å². The topological polar surface area (TPSA) is 93.2 Å². The molecule has 0 bridgehead atoms. The van der Waals surface area contributed by atoms with Crippen molar-refractivity contribution in [3.05, 3.63) is 64.7 Å². The zero-order valence-corrected chi connectivity index (χ0v) is 20.4. The lowest BCUT2D eigenvalue weighted by Crippen LogP contribution is -2.39. The number of ether oxygens (including phenoxy) is 1. The van der Waals surface area contributed by atoms with Gasteiger partial charge in [0, 0.05) is 17.0 Å². The van der Waals surface area contributed by atoms with Gasteiger partial charge in [0.1, 0.15) is 5.75 Å². The molecule has 0 aromatic heterocycles. The fourth-order valence-corrected chi connectivity index (χ4v) is 3.78. The molecule has 2 aromatic rings. The summed E-state index contributed by atoms with van der Waals surface area (Å²) in [4.78, 5) is 24.3. The molecule has 2 atom stereocenters. The summed E-state index contributed by atoms with van der Waals surface area (Å²) in [5.41, 5.74) is 16.3. The van der Waals surface area contributed by atoms with Crippen LogP contribution in [0.4, 0.5) is 0 Å². The number of hydrogen-bond acceptors (Lipinski definition) is 3. The first-order chi connectivity index (χ1) is 14.9. The van der Waals surface area contributed by atoms with Gasteiger partial charge >= 0.3 is 0 Å². The standard InChI is InChI=1S/C27H37N2O3/c1-8-26(4,5)18-14-15-22(21(16-18)27(6,7)9-2)32-23(25(29)31)17(3)19-12-10-11-13-20(19)24(28)30/h10-17,23,28H,8-9H2,1-7H3,(H2,29,31). The van der Waals surface area contributed by atoms with Crippen LogP contribution in [-0.2, 0) is 15.6 Å². The van der Waals surface area contributed by atoms with Crippen LogP contribution in [-0.4, -0.2) is 17.9 Å². The van der Waals surface area contributed by atoms with E-state index in [-0.39, 0.29) is 16.4 Å². The van der Waals surface area contributed by atoms with Gasteiger partial charge in [-0.3, -0.25) is 15.3 Å². The fraction of sp³-hybridized carbons (Fsp3) is 0.481. The van der Waals surface area contributed by atoms with E-state index < -0.39 is 23.8 Å². The Morgan fingerprint density at radius 3 is 2.12 bits per heavy atom. The molecule has 5 heteroatoms. The van der Waals surface area contributed by atoms with E-state index in [0.29, 0.717) is 11.3 Å². The molecule has 173 valence electrons. The van der Waals surface area contributed by atoms with E-state index in [1.165, 1.54) is 5.56 Å².